The lowest BCUT2D eigenvalue weighted by Gasteiger charge is -2.19. The Kier molecular flexibility index (Phi) is 6.22. The predicted molar refractivity (Wildman–Crippen MR) is 86.6 cm³/mol. The molecule has 1 unspecified atom stereocenters. The van der Waals surface area contributed by atoms with Crippen LogP contribution in [-0.2, 0) is 6.42 Å². The first-order valence-electron chi connectivity index (χ1n) is 7.61. The maximum atomic E-state index is 5.43. The Bertz CT molecular complexity index is 528. The van der Waals surface area contributed by atoms with Gasteiger partial charge in [0.1, 0.15) is 5.75 Å². The highest BCUT2D eigenvalue weighted by Gasteiger charge is 2.16. The van der Waals surface area contributed by atoms with E-state index >= 15 is 0 Å². The van der Waals surface area contributed by atoms with Crippen LogP contribution in [0.2, 0.25) is 0 Å². The lowest BCUT2D eigenvalue weighted by Crippen LogP contribution is -2.22. The van der Waals surface area contributed by atoms with Gasteiger partial charge >= 0.3 is 0 Å². The molecule has 0 aliphatic rings. The largest absolute Gasteiger partial charge is 0.495 e. The van der Waals surface area contributed by atoms with Gasteiger partial charge in [-0.1, -0.05) is 37.3 Å². The van der Waals surface area contributed by atoms with Gasteiger partial charge in [-0.15, -0.1) is 0 Å². The highest BCUT2D eigenvalue weighted by molar-refractivity contribution is 5.29. The van der Waals surface area contributed by atoms with Crippen molar-refractivity contribution in [1.29, 1.82) is 0 Å². The Hall–Kier alpha value is -1.87. The van der Waals surface area contributed by atoms with Crippen LogP contribution in [0.25, 0.3) is 0 Å². The second-order valence-electron chi connectivity index (χ2n) is 5.08. The van der Waals surface area contributed by atoms with E-state index in [4.69, 9.17) is 4.74 Å². The predicted octanol–water partition coefficient (Wildman–Crippen LogP) is 3.76. The Morgan fingerprint density at radius 1 is 1.14 bits per heavy atom. The molecule has 112 valence electrons. The van der Waals surface area contributed by atoms with Gasteiger partial charge in [-0.2, -0.15) is 0 Å². The van der Waals surface area contributed by atoms with Crippen LogP contribution in [0, 0.1) is 0 Å². The quantitative estimate of drug-likeness (QED) is 0.801. The van der Waals surface area contributed by atoms with Crippen molar-refractivity contribution in [1.82, 2.24) is 10.3 Å². The van der Waals surface area contributed by atoms with Crippen molar-refractivity contribution < 1.29 is 4.74 Å². The van der Waals surface area contributed by atoms with Crippen LogP contribution in [-0.4, -0.2) is 18.6 Å². The van der Waals surface area contributed by atoms with Gasteiger partial charge in [0.15, 0.2) is 0 Å². The number of aromatic nitrogens is 1. The van der Waals surface area contributed by atoms with Crippen LogP contribution >= 0.6 is 0 Å². The molecular weight excluding hydrogens is 260 g/mol. The molecule has 0 bridgehead atoms. The first kappa shape index (κ1) is 15.5. The van der Waals surface area contributed by atoms with E-state index in [2.05, 4.69) is 47.6 Å². The molecule has 0 saturated carbocycles. The van der Waals surface area contributed by atoms with Crippen molar-refractivity contribution in [3.63, 3.8) is 0 Å². The molecule has 21 heavy (non-hydrogen) atoms. The van der Waals surface area contributed by atoms with Crippen molar-refractivity contribution in [2.45, 2.75) is 32.2 Å². The van der Waals surface area contributed by atoms with E-state index in [0.717, 1.165) is 37.3 Å². The zero-order valence-corrected chi connectivity index (χ0v) is 12.9. The summed E-state index contributed by atoms with van der Waals surface area (Å²) in [6.07, 6.45) is 5.11. The van der Waals surface area contributed by atoms with Crippen LogP contribution < -0.4 is 10.1 Å². The summed E-state index contributed by atoms with van der Waals surface area (Å²) in [5.41, 5.74) is 2.40. The topological polar surface area (TPSA) is 34.2 Å². The summed E-state index contributed by atoms with van der Waals surface area (Å²) in [6, 6.07) is 14.8. The third kappa shape index (κ3) is 4.57. The number of hydrogen-bond donors (Lipinski definition) is 1. The molecule has 1 N–H and O–H groups in total. The Morgan fingerprint density at radius 2 is 1.95 bits per heavy atom. The van der Waals surface area contributed by atoms with Crippen LogP contribution in [0.4, 0.5) is 0 Å². The van der Waals surface area contributed by atoms with Gasteiger partial charge in [0.2, 0.25) is 0 Å². The van der Waals surface area contributed by atoms with Crippen LogP contribution in [0.15, 0.2) is 48.7 Å². The molecule has 2 rings (SSSR count). The summed E-state index contributed by atoms with van der Waals surface area (Å²) in [7, 11) is 1.70. The molecule has 2 aromatic rings. The van der Waals surface area contributed by atoms with E-state index in [0.29, 0.717) is 0 Å². The molecule has 1 aromatic heterocycles. The maximum Gasteiger partial charge on any atom is 0.141 e. The van der Waals surface area contributed by atoms with E-state index in [1.807, 2.05) is 18.3 Å². The normalized spacial score (nSPS) is 12.1. The van der Waals surface area contributed by atoms with Gasteiger partial charge in [-0.05, 0) is 43.5 Å². The van der Waals surface area contributed by atoms with Gasteiger partial charge in [-0.3, -0.25) is 4.98 Å². The van der Waals surface area contributed by atoms with Gasteiger partial charge in [0.05, 0.1) is 18.8 Å². The first-order valence-corrected chi connectivity index (χ1v) is 7.61. The third-order valence-corrected chi connectivity index (χ3v) is 3.60. The monoisotopic (exact) mass is 284 g/mol. The minimum atomic E-state index is 0.245. The number of aryl methyl sites for hydroxylation is 1. The second-order valence-corrected chi connectivity index (χ2v) is 5.08. The number of hydrogen-bond acceptors (Lipinski definition) is 3. The van der Waals surface area contributed by atoms with Gasteiger partial charge < -0.3 is 10.1 Å². The fourth-order valence-electron chi connectivity index (χ4n) is 2.57. The van der Waals surface area contributed by atoms with E-state index < -0.39 is 0 Å². The van der Waals surface area contributed by atoms with Crippen molar-refractivity contribution >= 4 is 0 Å². The van der Waals surface area contributed by atoms with Gasteiger partial charge in [0.25, 0.3) is 0 Å². The van der Waals surface area contributed by atoms with Crippen LogP contribution in [0.1, 0.15) is 37.1 Å². The molecule has 1 aromatic carbocycles. The molecule has 0 saturated heterocycles. The molecule has 0 fully saturated rings. The molecule has 3 nitrogen and oxygen atoms in total. The van der Waals surface area contributed by atoms with E-state index in [1.54, 1.807) is 7.11 Å². The van der Waals surface area contributed by atoms with E-state index in [9.17, 15) is 0 Å². The van der Waals surface area contributed by atoms with Crippen LogP contribution in [0.5, 0.6) is 5.75 Å². The molecule has 3 heteroatoms. The molecule has 0 amide bonds. The molecule has 0 spiro atoms. The lowest BCUT2D eigenvalue weighted by atomic mass is 10.0. The molecule has 1 heterocycles. The first-order chi connectivity index (χ1) is 10.3. The number of pyridine rings is 1. The zero-order chi connectivity index (χ0) is 14.9. The smallest absolute Gasteiger partial charge is 0.141 e. The molecule has 0 radical (unpaired) electrons. The van der Waals surface area contributed by atoms with Crippen molar-refractivity contribution in [2.24, 2.45) is 0 Å². The highest BCUT2D eigenvalue weighted by Crippen LogP contribution is 2.26. The molecule has 0 aliphatic carbocycles. The number of methoxy groups -OCH3 is 1. The molecule has 1 atom stereocenters. The summed E-state index contributed by atoms with van der Waals surface area (Å²) in [5, 5.41) is 3.52. The fraction of sp³-hybridized carbons (Fsp3) is 0.389. The van der Waals surface area contributed by atoms with Gasteiger partial charge in [-0.25, -0.2) is 0 Å². The molecular formula is C18H24N2O. The third-order valence-electron chi connectivity index (χ3n) is 3.60. The number of nitrogens with zero attached hydrogens (tertiary/aromatic N) is 1. The summed E-state index contributed by atoms with van der Waals surface area (Å²) < 4.78 is 5.43. The van der Waals surface area contributed by atoms with Gasteiger partial charge in [0, 0.05) is 6.20 Å². The zero-order valence-electron chi connectivity index (χ0n) is 12.9. The summed E-state index contributed by atoms with van der Waals surface area (Å²) in [4.78, 5) is 4.51. The van der Waals surface area contributed by atoms with E-state index in [1.165, 1.54) is 5.56 Å². The van der Waals surface area contributed by atoms with Crippen molar-refractivity contribution in [3.8, 4) is 5.75 Å². The standard InChI is InChI=1S/C18H24N2O/c1-3-19-16(18-17(21-2)13-8-14-20-18)12-7-11-15-9-5-4-6-10-15/h4-6,8-10,13-14,16,19H,3,7,11-12H2,1-2H3. The summed E-state index contributed by atoms with van der Waals surface area (Å²) in [6.45, 7) is 3.05. The van der Waals surface area contributed by atoms with Crippen LogP contribution in [0.3, 0.4) is 0 Å². The van der Waals surface area contributed by atoms with Crippen molar-refractivity contribution in [3.05, 3.63) is 59.9 Å². The molecule has 0 aliphatic heterocycles. The minimum Gasteiger partial charge on any atom is -0.495 e. The number of rotatable bonds is 8. The SMILES string of the molecule is CCNC(CCCc1ccccc1)c1ncccc1OC. The number of ether oxygens (including phenoxy) is 1. The Morgan fingerprint density at radius 3 is 2.67 bits per heavy atom. The van der Waals surface area contributed by atoms with Crippen molar-refractivity contribution in [2.75, 3.05) is 13.7 Å². The minimum absolute atomic E-state index is 0.245. The average Bonchev–Trinajstić information content (AvgIpc) is 2.55. The highest BCUT2D eigenvalue weighted by atomic mass is 16.5. The lowest BCUT2D eigenvalue weighted by molar-refractivity contribution is 0.388. The summed E-state index contributed by atoms with van der Waals surface area (Å²) in [5.74, 6) is 0.864. The van der Waals surface area contributed by atoms with E-state index in [-0.39, 0.29) is 6.04 Å². The second kappa shape index (κ2) is 8.42. The fourth-order valence-corrected chi connectivity index (χ4v) is 2.57. The number of benzene rings is 1. The number of nitrogens with one attached hydrogen (secondary N) is 1. The average molecular weight is 284 g/mol. The summed E-state index contributed by atoms with van der Waals surface area (Å²) >= 11 is 0. The Labute approximate surface area is 127 Å². The maximum absolute atomic E-state index is 5.43. The Balaban J connectivity index is 1.99.